The van der Waals surface area contributed by atoms with Crippen LogP contribution >= 0.6 is 0 Å². The summed E-state index contributed by atoms with van der Waals surface area (Å²) in [4.78, 5) is 12.4. The van der Waals surface area contributed by atoms with Crippen LogP contribution in [0.2, 0.25) is 0 Å². The van der Waals surface area contributed by atoms with Crippen LogP contribution in [0.5, 0.6) is 0 Å². The number of nitrogens with one attached hydrogen (secondary N) is 2. The molecule has 0 bridgehead atoms. The molecule has 0 aromatic heterocycles. The van der Waals surface area contributed by atoms with Crippen molar-refractivity contribution in [3.63, 3.8) is 0 Å². The summed E-state index contributed by atoms with van der Waals surface area (Å²) in [5, 5.41) is 16.3. The molecular formula is C16H24N2O2. The van der Waals surface area contributed by atoms with E-state index in [1.165, 1.54) is 0 Å². The highest BCUT2D eigenvalue weighted by molar-refractivity contribution is 5.83. The third kappa shape index (κ3) is 3.38. The van der Waals surface area contributed by atoms with E-state index in [0.29, 0.717) is 0 Å². The number of benzene rings is 1. The van der Waals surface area contributed by atoms with Crippen LogP contribution in [0.3, 0.4) is 0 Å². The van der Waals surface area contributed by atoms with Gasteiger partial charge in [0, 0.05) is 13.1 Å². The molecule has 110 valence electrons. The standard InChI is InChI=1S/C16H24N2O2/c1-2-8-16(9-10-17-12-16)15(20)18-11-14(19)13-6-4-3-5-7-13/h3-7,14,17,19H,2,8-12H2,1H3,(H,18,20). The Morgan fingerprint density at radius 3 is 2.80 bits per heavy atom. The molecule has 2 atom stereocenters. The molecule has 4 nitrogen and oxygen atoms in total. The number of aliphatic hydroxyl groups is 1. The first-order chi connectivity index (χ1) is 9.68. The van der Waals surface area contributed by atoms with Gasteiger partial charge in [-0.1, -0.05) is 43.7 Å². The van der Waals surface area contributed by atoms with E-state index in [-0.39, 0.29) is 17.9 Å². The van der Waals surface area contributed by atoms with Crippen molar-refractivity contribution < 1.29 is 9.90 Å². The number of amides is 1. The molecule has 20 heavy (non-hydrogen) atoms. The van der Waals surface area contributed by atoms with Gasteiger partial charge in [-0.05, 0) is 24.9 Å². The second kappa shape index (κ2) is 6.86. The first kappa shape index (κ1) is 15.0. The molecule has 1 saturated heterocycles. The molecule has 1 aromatic rings. The van der Waals surface area contributed by atoms with E-state index < -0.39 is 6.10 Å². The smallest absolute Gasteiger partial charge is 0.227 e. The van der Waals surface area contributed by atoms with Gasteiger partial charge in [0.25, 0.3) is 0 Å². The van der Waals surface area contributed by atoms with E-state index >= 15 is 0 Å². The van der Waals surface area contributed by atoms with Crippen LogP contribution in [0.15, 0.2) is 30.3 Å². The van der Waals surface area contributed by atoms with Gasteiger partial charge < -0.3 is 15.7 Å². The lowest BCUT2D eigenvalue weighted by Crippen LogP contribution is -2.43. The summed E-state index contributed by atoms with van der Waals surface area (Å²) in [6.45, 7) is 4.02. The van der Waals surface area contributed by atoms with Gasteiger partial charge in [0.15, 0.2) is 0 Å². The molecule has 0 saturated carbocycles. The van der Waals surface area contributed by atoms with Gasteiger partial charge in [-0.3, -0.25) is 4.79 Å². The van der Waals surface area contributed by atoms with E-state index in [0.717, 1.165) is 37.9 Å². The summed E-state index contributed by atoms with van der Waals surface area (Å²) in [7, 11) is 0. The van der Waals surface area contributed by atoms with Crippen molar-refractivity contribution in [2.45, 2.75) is 32.3 Å². The lowest BCUT2D eigenvalue weighted by atomic mass is 9.81. The maximum atomic E-state index is 12.4. The number of carbonyl (C=O) groups excluding carboxylic acids is 1. The van der Waals surface area contributed by atoms with Gasteiger partial charge in [0.2, 0.25) is 5.91 Å². The van der Waals surface area contributed by atoms with Gasteiger partial charge in [-0.2, -0.15) is 0 Å². The average Bonchev–Trinajstić information content (AvgIpc) is 2.95. The van der Waals surface area contributed by atoms with Crippen molar-refractivity contribution in [3.8, 4) is 0 Å². The zero-order valence-electron chi connectivity index (χ0n) is 12.1. The first-order valence-corrected chi connectivity index (χ1v) is 7.40. The van der Waals surface area contributed by atoms with Crippen molar-refractivity contribution in [2.75, 3.05) is 19.6 Å². The summed E-state index contributed by atoms with van der Waals surface area (Å²) < 4.78 is 0. The van der Waals surface area contributed by atoms with E-state index in [1.54, 1.807) is 0 Å². The quantitative estimate of drug-likeness (QED) is 0.740. The number of rotatable bonds is 6. The molecule has 0 aliphatic carbocycles. The maximum Gasteiger partial charge on any atom is 0.227 e. The fraction of sp³-hybridized carbons (Fsp3) is 0.562. The highest BCUT2D eigenvalue weighted by Gasteiger charge is 2.40. The van der Waals surface area contributed by atoms with Gasteiger partial charge in [-0.15, -0.1) is 0 Å². The monoisotopic (exact) mass is 276 g/mol. The molecule has 1 aliphatic rings. The summed E-state index contributed by atoms with van der Waals surface area (Å²) in [6.07, 6.45) is 2.13. The molecule has 1 amide bonds. The van der Waals surface area contributed by atoms with Crippen LogP contribution < -0.4 is 10.6 Å². The normalized spacial score (nSPS) is 23.5. The van der Waals surface area contributed by atoms with Crippen molar-refractivity contribution >= 4 is 5.91 Å². The summed E-state index contributed by atoms with van der Waals surface area (Å²) in [5.41, 5.74) is 0.549. The molecule has 1 fully saturated rings. The molecule has 0 radical (unpaired) electrons. The largest absolute Gasteiger partial charge is 0.387 e. The number of hydrogen-bond acceptors (Lipinski definition) is 3. The Kier molecular flexibility index (Phi) is 5.15. The minimum Gasteiger partial charge on any atom is -0.387 e. The Bertz CT molecular complexity index is 427. The molecule has 3 N–H and O–H groups in total. The zero-order valence-corrected chi connectivity index (χ0v) is 12.1. The van der Waals surface area contributed by atoms with Crippen LogP contribution in [0.4, 0.5) is 0 Å². The van der Waals surface area contributed by atoms with Crippen LogP contribution in [-0.2, 0) is 4.79 Å². The minimum atomic E-state index is -0.645. The Morgan fingerprint density at radius 2 is 2.20 bits per heavy atom. The molecular weight excluding hydrogens is 252 g/mol. The van der Waals surface area contributed by atoms with E-state index in [2.05, 4.69) is 17.6 Å². The van der Waals surface area contributed by atoms with Gasteiger partial charge in [0.05, 0.1) is 11.5 Å². The highest BCUT2D eigenvalue weighted by Crippen LogP contribution is 2.31. The molecule has 0 spiro atoms. The van der Waals surface area contributed by atoms with Crippen LogP contribution in [0.1, 0.15) is 37.9 Å². The lowest BCUT2D eigenvalue weighted by Gasteiger charge is -2.27. The molecule has 1 heterocycles. The highest BCUT2D eigenvalue weighted by atomic mass is 16.3. The third-order valence-electron chi connectivity index (χ3n) is 4.09. The molecule has 1 aliphatic heterocycles. The number of aliphatic hydroxyl groups excluding tert-OH is 1. The molecule has 2 unspecified atom stereocenters. The molecule has 2 rings (SSSR count). The van der Waals surface area contributed by atoms with E-state index in [4.69, 9.17) is 0 Å². The summed E-state index contributed by atoms with van der Waals surface area (Å²) >= 11 is 0. The van der Waals surface area contributed by atoms with Crippen LogP contribution in [0, 0.1) is 5.41 Å². The van der Waals surface area contributed by atoms with Crippen LogP contribution in [-0.4, -0.2) is 30.6 Å². The fourth-order valence-corrected chi connectivity index (χ4v) is 2.91. The Labute approximate surface area is 120 Å². The van der Waals surface area contributed by atoms with Crippen molar-refractivity contribution in [1.82, 2.24) is 10.6 Å². The third-order valence-corrected chi connectivity index (χ3v) is 4.09. The SMILES string of the molecule is CCCC1(C(=O)NCC(O)c2ccccc2)CCNC1. The number of carbonyl (C=O) groups is 1. The maximum absolute atomic E-state index is 12.4. The van der Waals surface area contributed by atoms with Gasteiger partial charge in [-0.25, -0.2) is 0 Å². The second-order valence-corrected chi connectivity index (χ2v) is 5.59. The minimum absolute atomic E-state index is 0.0688. The van der Waals surface area contributed by atoms with E-state index in [1.807, 2.05) is 30.3 Å². The Morgan fingerprint density at radius 1 is 1.45 bits per heavy atom. The second-order valence-electron chi connectivity index (χ2n) is 5.59. The predicted molar refractivity (Wildman–Crippen MR) is 79.2 cm³/mol. The fourth-order valence-electron chi connectivity index (χ4n) is 2.91. The van der Waals surface area contributed by atoms with Gasteiger partial charge >= 0.3 is 0 Å². The Balaban J connectivity index is 1.91. The summed E-state index contributed by atoms with van der Waals surface area (Å²) in [6, 6.07) is 9.43. The zero-order chi connectivity index (χ0) is 14.4. The number of hydrogen-bond donors (Lipinski definition) is 3. The lowest BCUT2D eigenvalue weighted by molar-refractivity contribution is -0.131. The molecule has 1 aromatic carbocycles. The van der Waals surface area contributed by atoms with E-state index in [9.17, 15) is 9.90 Å². The van der Waals surface area contributed by atoms with Crippen molar-refractivity contribution in [2.24, 2.45) is 5.41 Å². The molecule has 4 heteroatoms. The summed E-state index contributed by atoms with van der Waals surface area (Å²) in [5.74, 6) is 0.0688. The van der Waals surface area contributed by atoms with Gasteiger partial charge in [0.1, 0.15) is 0 Å². The topological polar surface area (TPSA) is 61.4 Å². The predicted octanol–water partition coefficient (Wildman–Crippen LogP) is 1.62. The average molecular weight is 276 g/mol. The van der Waals surface area contributed by atoms with Crippen molar-refractivity contribution in [3.05, 3.63) is 35.9 Å². The van der Waals surface area contributed by atoms with Crippen molar-refractivity contribution in [1.29, 1.82) is 0 Å². The Hall–Kier alpha value is -1.39. The first-order valence-electron chi connectivity index (χ1n) is 7.40. The van der Waals surface area contributed by atoms with Crippen LogP contribution in [0.25, 0.3) is 0 Å².